The Morgan fingerprint density at radius 1 is 1.00 bits per heavy atom. The first-order valence-corrected chi connectivity index (χ1v) is 9.98. The van der Waals surface area contributed by atoms with Crippen molar-refractivity contribution in [2.45, 2.75) is 40.0 Å². The molecule has 0 amide bonds. The zero-order valence-corrected chi connectivity index (χ0v) is 17.2. The van der Waals surface area contributed by atoms with Gasteiger partial charge in [0.2, 0.25) is 5.69 Å². The zero-order valence-electron chi connectivity index (χ0n) is 17.4. The van der Waals surface area contributed by atoms with Crippen LogP contribution in [0.2, 0.25) is 0 Å². The molecule has 0 unspecified atom stereocenters. The van der Waals surface area contributed by atoms with Crippen molar-refractivity contribution in [3.63, 3.8) is 0 Å². The largest absolute Gasteiger partial charge is 0.220 e. The van der Waals surface area contributed by atoms with Gasteiger partial charge < -0.3 is 0 Å². The molecule has 0 fully saturated rings. The van der Waals surface area contributed by atoms with Crippen molar-refractivity contribution < 1.29 is 5.94 Å². The predicted molar refractivity (Wildman–Crippen MR) is 114 cm³/mol. The Kier molecular flexibility index (Phi) is 3.65. The van der Waals surface area contributed by atoms with Crippen molar-refractivity contribution in [3.8, 4) is 11.3 Å². The van der Waals surface area contributed by atoms with Crippen molar-refractivity contribution in [3.05, 3.63) is 64.6 Å². The molecule has 2 aromatic heterocycles. The summed E-state index contributed by atoms with van der Waals surface area (Å²) in [7, 11) is 2.08. The standard InChI is InChI=1S/C24H26NS/c1-15-11-17-9-10-26-22(17)14-21(15)23-20-8-7-19(24(3,4)5)13-18(20)12-16(2)25(23)6/h7-14H,1-6H3/q+1/i12D. The molecule has 0 aliphatic heterocycles. The highest BCUT2D eigenvalue weighted by Gasteiger charge is 2.22. The Morgan fingerprint density at radius 3 is 2.50 bits per heavy atom. The second-order valence-electron chi connectivity index (χ2n) is 8.25. The van der Waals surface area contributed by atoms with Crippen LogP contribution in [0, 0.1) is 13.8 Å². The van der Waals surface area contributed by atoms with E-state index < -0.39 is 0 Å². The molecule has 0 saturated carbocycles. The van der Waals surface area contributed by atoms with Crippen molar-refractivity contribution in [1.82, 2.24) is 0 Å². The van der Waals surface area contributed by atoms with E-state index in [1.807, 2.05) is 6.92 Å². The van der Waals surface area contributed by atoms with E-state index in [1.54, 1.807) is 11.3 Å². The third-order valence-corrected chi connectivity index (χ3v) is 6.23. The second-order valence-corrected chi connectivity index (χ2v) is 9.20. The summed E-state index contributed by atoms with van der Waals surface area (Å²) in [6.45, 7) is 10.9. The fraction of sp³-hybridized carbons (Fsp3) is 0.292. The minimum atomic E-state index is 0.0680. The Hall–Kier alpha value is -2.19. The molecule has 0 saturated heterocycles. The van der Waals surface area contributed by atoms with Crippen LogP contribution in [0.4, 0.5) is 0 Å². The number of aromatic nitrogens is 1. The molecule has 132 valence electrons. The predicted octanol–water partition coefficient (Wildman–Crippen LogP) is 6.46. The van der Waals surface area contributed by atoms with Gasteiger partial charge in [0, 0.05) is 17.7 Å². The zero-order chi connectivity index (χ0) is 19.5. The molecule has 2 heterocycles. The van der Waals surface area contributed by atoms with Crippen molar-refractivity contribution in [2.24, 2.45) is 7.05 Å². The molecule has 0 N–H and O–H groups in total. The number of benzene rings is 2. The van der Waals surface area contributed by atoms with Gasteiger partial charge in [0.25, 0.3) is 0 Å². The van der Waals surface area contributed by atoms with Gasteiger partial charge in [0.15, 0.2) is 5.69 Å². The molecule has 0 spiro atoms. The Morgan fingerprint density at radius 2 is 1.77 bits per heavy atom. The third kappa shape index (κ3) is 2.73. The maximum absolute atomic E-state index is 8.73. The molecule has 0 aliphatic rings. The molecule has 0 bridgehead atoms. The quantitative estimate of drug-likeness (QED) is 0.343. The highest BCUT2D eigenvalue weighted by atomic mass is 32.1. The summed E-state index contributed by atoms with van der Waals surface area (Å²) in [6, 6.07) is 14.0. The molecule has 4 aromatic rings. The van der Waals surface area contributed by atoms with Gasteiger partial charge in [0.05, 0.1) is 12.3 Å². The highest BCUT2D eigenvalue weighted by molar-refractivity contribution is 7.17. The van der Waals surface area contributed by atoms with Gasteiger partial charge >= 0.3 is 0 Å². The van der Waals surface area contributed by atoms with Gasteiger partial charge in [-0.25, -0.2) is 0 Å². The Labute approximate surface area is 161 Å². The van der Waals surface area contributed by atoms with Gasteiger partial charge in [-0.3, -0.25) is 0 Å². The van der Waals surface area contributed by atoms with Gasteiger partial charge in [-0.05, 0) is 63.9 Å². The number of fused-ring (bicyclic) bond motifs is 2. The lowest BCUT2D eigenvalue weighted by atomic mass is 9.85. The maximum Gasteiger partial charge on any atom is 0.220 e. The lowest BCUT2D eigenvalue weighted by Crippen LogP contribution is -2.35. The summed E-state index contributed by atoms with van der Waals surface area (Å²) in [5.74, 6) is 0. The van der Waals surface area contributed by atoms with Crippen molar-refractivity contribution in [2.75, 3.05) is 0 Å². The molecule has 0 radical (unpaired) electrons. The Balaban J connectivity index is 2.12. The van der Waals surface area contributed by atoms with Crippen LogP contribution in [0.25, 0.3) is 32.1 Å². The van der Waals surface area contributed by atoms with Crippen molar-refractivity contribution in [1.29, 1.82) is 0 Å². The maximum atomic E-state index is 8.73. The molecular formula is C24H26NS+. The molecule has 26 heavy (non-hydrogen) atoms. The van der Waals surface area contributed by atoms with E-state index in [0.29, 0.717) is 6.04 Å². The molecule has 2 aromatic carbocycles. The van der Waals surface area contributed by atoms with Crippen LogP contribution >= 0.6 is 11.3 Å². The first-order chi connectivity index (χ1) is 12.7. The normalized spacial score (nSPS) is 12.8. The van der Waals surface area contributed by atoms with Gasteiger partial charge in [-0.1, -0.05) is 32.9 Å². The minimum absolute atomic E-state index is 0.0680. The average molecular weight is 362 g/mol. The summed E-state index contributed by atoms with van der Waals surface area (Å²) in [4.78, 5) is 0. The van der Waals surface area contributed by atoms with E-state index >= 15 is 0 Å². The minimum Gasteiger partial charge on any atom is -0.198 e. The topological polar surface area (TPSA) is 3.88 Å². The van der Waals surface area contributed by atoms with Crippen molar-refractivity contribution >= 4 is 32.2 Å². The monoisotopic (exact) mass is 361 g/mol. The van der Waals surface area contributed by atoms with Crippen LogP contribution in [0.1, 0.15) is 39.0 Å². The molecule has 0 aliphatic carbocycles. The second kappa shape index (κ2) is 5.92. The smallest absolute Gasteiger partial charge is 0.198 e. The highest BCUT2D eigenvalue weighted by Crippen LogP contribution is 2.35. The van der Waals surface area contributed by atoms with E-state index in [0.717, 1.165) is 16.5 Å². The first kappa shape index (κ1) is 16.0. The molecule has 2 heteroatoms. The molecule has 4 rings (SSSR count). The SMILES string of the molecule is [2H]c1c(C)[n+](C)c(-c2cc3sccc3cc2C)c2ccc(C(C)(C)C)cc12. The summed E-state index contributed by atoms with van der Waals surface area (Å²) in [6.07, 6.45) is 0. The number of hydrogen-bond donors (Lipinski definition) is 0. The number of pyridine rings is 1. The number of aryl methyl sites for hydroxylation is 1. The number of rotatable bonds is 1. The van der Waals surface area contributed by atoms with E-state index in [9.17, 15) is 0 Å². The van der Waals surface area contributed by atoms with Crippen LogP contribution in [0.3, 0.4) is 0 Å². The third-order valence-electron chi connectivity index (χ3n) is 5.35. The van der Waals surface area contributed by atoms with Gasteiger partial charge in [-0.15, -0.1) is 11.3 Å². The molecular weight excluding hydrogens is 334 g/mol. The number of thiophene rings is 1. The van der Waals surface area contributed by atoms with Crippen LogP contribution < -0.4 is 4.57 Å². The lowest BCUT2D eigenvalue weighted by molar-refractivity contribution is -0.665. The van der Waals surface area contributed by atoms with Crippen LogP contribution in [0.5, 0.6) is 0 Å². The number of hydrogen-bond acceptors (Lipinski definition) is 1. The van der Waals surface area contributed by atoms with Crippen LogP contribution in [-0.4, -0.2) is 0 Å². The van der Waals surface area contributed by atoms with Gasteiger partial charge in [-0.2, -0.15) is 4.57 Å². The van der Waals surface area contributed by atoms with Crippen LogP contribution in [0.15, 0.2) is 47.8 Å². The van der Waals surface area contributed by atoms with E-state index in [-0.39, 0.29) is 5.41 Å². The summed E-state index contributed by atoms with van der Waals surface area (Å²) < 4.78 is 12.2. The van der Waals surface area contributed by atoms with E-state index in [4.69, 9.17) is 1.37 Å². The summed E-state index contributed by atoms with van der Waals surface area (Å²) >= 11 is 1.78. The first-order valence-electron chi connectivity index (χ1n) is 9.60. The summed E-state index contributed by atoms with van der Waals surface area (Å²) in [5, 5.41) is 5.65. The van der Waals surface area contributed by atoms with E-state index in [2.05, 4.69) is 81.1 Å². The number of nitrogens with zero attached hydrogens (tertiary/aromatic N) is 1. The van der Waals surface area contributed by atoms with Gasteiger partial charge in [0.1, 0.15) is 7.05 Å². The van der Waals surface area contributed by atoms with E-state index in [1.165, 1.54) is 32.5 Å². The summed E-state index contributed by atoms with van der Waals surface area (Å²) in [5.41, 5.74) is 6.06. The Bertz CT molecular complexity index is 1190. The molecule has 1 nitrogen and oxygen atoms in total. The fourth-order valence-electron chi connectivity index (χ4n) is 3.65. The average Bonchev–Trinajstić information content (AvgIpc) is 3.06. The lowest BCUT2D eigenvalue weighted by Gasteiger charge is -2.20. The van der Waals surface area contributed by atoms with Crippen LogP contribution in [-0.2, 0) is 12.5 Å². The molecule has 0 atom stereocenters. The fourth-order valence-corrected chi connectivity index (χ4v) is 4.46.